The molecule has 0 aliphatic rings. The Morgan fingerprint density at radius 2 is 1.84 bits per heavy atom. The molecule has 2 aromatic carbocycles. The van der Waals surface area contributed by atoms with Crippen molar-refractivity contribution < 1.29 is 4.42 Å². The van der Waals surface area contributed by atoms with E-state index in [2.05, 4.69) is 20.2 Å². The summed E-state index contributed by atoms with van der Waals surface area (Å²) in [5, 5.41) is 8.57. The predicted molar refractivity (Wildman–Crippen MR) is 99.1 cm³/mol. The fourth-order valence-corrected chi connectivity index (χ4v) is 2.59. The molecule has 2 aromatic heterocycles. The van der Waals surface area contributed by atoms with Crippen molar-refractivity contribution in [3.8, 4) is 0 Å². The van der Waals surface area contributed by atoms with Gasteiger partial charge in [0.25, 0.3) is 0 Å². The summed E-state index contributed by atoms with van der Waals surface area (Å²) in [4.78, 5) is 7.97. The molecule has 0 radical (unpaired) electrons. The smallest absolute Gasteiger partial charge is 0.146 e. The molecule has 0 aliphatic heterocycles. The maximum absolute atomic E-state index is 5.24. The highest BCUT2D eigenvalue weighted by atomic mass is 16.3. The number of furan rings is 1. The molecular weight excluding hydrogens is 312 g/mol. The number of hydrogen-bond acceptors (Lipinski definition) is 4. The molecule has 4 rings (SSSR count). The third-order valence-corrected chi connectivity index (χ3v) is 3.79. The lowest BCUT2D eigenvalue weighted by atomic mass is 10.1. The Balaban J connectivity index is 1.65. The zero-order valence-electron chi connectivity index (χ0n) is 13.5. The molecule has 5 nitrogen and oxygen atoms in total. The topological polar surface area (TPSA) is 66.5 Å². The number of rotatable bonds is 5. The molecule has 25 heavy (non-hydrogen) atoms. The van der Waals surface area contributed by atoms with E-state index >= 15 is 0 Å². The number of aromatic nitrogens is 2. The molecule has 0 saturated carbocycles. The van der Waals surface area contributed by atoms with Crippen molar-refractivity contribution in [3.05, 3.63) is 90.1 Å². The van der Waals surface area contributed by atoms with E-state index in [0.717, 1.165) is 28.1 Å². The van der Waals surface area contributed by atoms with Gasteiger partial charge in [0, 0.05) is 0 Å². The summed E-state index contributed by atoms with van der Waals surface area (Å²) in [6, 6.07) is 21.6. The first-order valence-corrected chi connectivity index (χ1v) is 8.01. The van der Waals surface area contributed by atoms with Gasteiger partial charge in [-0.1, -0.05) is 42.5 Å². The summed E-state index contributed by atoms with van der Waals surface area (Å²) in [7, 11) is 0. The molecule has 0 unspecified atom stereocenters. The van der Waals surface area contributed by atoms with E-state index < -0.39 is 0 Å². The van der Waals surface area contributed by atoms with Crippen LogP contribution in [0.3, 0.4) is 0 Å². The number of benzene rings is 2. The predicted octanol–water partition coefficient (Wildman–Crippen LogP) is 4.22. The second-order valence-corrected chi connectivity index (χ2v) is 5.55. The Bertz CT molecular complexity index is 981. The molecule has 0 fully saturated rings. The van der Waals surface area contributed by atoms with Gasteiger partial charge in [-0.05, 0) is 29.8 Å². The molecule has 1 N–H and O–H groups in total. The van der Waals surface area contributed by atoms with Gasteiger partial charge in [-0.2, -0.15) is 10.2 Å². The Morgan fingerprint density at radius 1 is 1.00 bits per heavy atom. The van der Waals surface area contributed by atoms with Crippen molar-refractivity contribution in [2.24, 2.45) is 10.2 Å². The van der Waals surface area contributed by atoms with Crippen molar-refractivity contribution >= 4 is 23.0 Å². The van der Waals surface area contributed by atoms with Gasteiger partial charge in [0.05, 0.1) is 35.6 Å². The molecular formula is C20H16N4O. The zero-order chi connectivity index (χ0) is 16.9. The first kappa shape index (κ1) is 15.1. The van der Waals surface area contributed by atoms with Gasteiger partial charge in [-0.15, -0.1) is 0 Å². The first-order chi connectivity index (χ1) is 12.4. The van der Waals surface area contributed by atoms with Crippen LogP contribution in [0.2, 0.25) is 0 Å². The normalized spacial score (nSPS) is 12.2. The van der Waals surface area contributed by atoms with Gasteiger partial charge >= 0.3 is 0 Å². The minimum atomic E-state index is 0.564. The molecule has 0 atom stereocenters. The fourth-order valence-electron chi connectivity index (χ4n) is 2.59. The Labute approximate surface area is 144 Å². The van der Waals surface area contributed by atoms with Crippen LogP contribution in [0.1, 0.15) is 17.1 Å². The number of para-hydroxylation sites is 2. The van der Waals surface area contributed by atoms with Crippen LogP contribution in [0.25, 0.3) is 11.0 Å². The molecule has 0 amide bonds. The second-order valence-electron chi connectivity index (χ2n) is 5.55. The Morgan fingerprint density at radius 3 is 2.64 bits per heavy atom. The number of nitrogens with one attached hydrogen (secondary N) is 1. The number of imidazole rings is 1. The maximum Gasteiger partial charge on any atom is 0.146 e. The number of aromatic amines is 1. The summed E-state index contributed by atoms with van der Waals surface area (Å²) >= 11 is 0. The first-order valence-electron chi connectivity index (χ1n) is 8.01. The van der Waals surface area contributed by atoms with Crippen molar-refractivity contribution in [2.45, 2.75) is 6.42 Å². The van der Waals surface area contributed by atoms with Gasteiger partial charge in [0.1, 0.15) is 11.6 Å². The van der Waals surface area contributed by atoms with Crippen LogP contribution < -0.4 is 0 Å². The lowest BCUT2D eigenvalue weighted by Gasteiger charge is -2.03. The lowest BCUT2D eigenvalue weighted by Crippen LogP contribution is -2.06. The molecule has 122 valence electrons. The SMILES string of the molecule is C(=N\N=C(\Cc1nc2ccccc2[nH]1)c1ccccc1)/c1ccco1. The summed E-state index contributed by atoms with van der Waals surface area (Å²) < 4.78 is 5.24. The van der Waals surface area contributed by atoms with Gasteiger partial charge in [-0.3, -0.25) is 0 Å². The number of hydrogen-bond donors (Lipinski definition) is 1. The summed E-state index contributed by atoms with van der Waals surface area (Å²) in [5.41, 5.74) is 3.81. The highest BCUT2D eigenvalue weighted by Gasteiger charge is 2.09. The molecule has 0 spiro atoms. The summed E-state index contributed by atoms with van der Waals surface area (Å²) in [6.45, 7) is 0. The maximum atomic E-state index is 5.24. The second kappa shape index (κ2) is 6.97. The minimum Gasteiger partial charge on any atom is -0.463 e. The van der Waals surface area contributed by atoms with E-state index in [4.69, 9.17) is 4.42 Å². The Kier molecular flexibility index (Phi) is 4.20. The van der Waals surface area contributed by atoms with Crippen molar-refractivity contribution in [1.82, 2.24) is 9.97 Å². The van der Waals surface area contributed by atoms with Crippen molar-refractivity contribution in [1.29, 1.82) is 0 Å². The van der Waals surface area contributed by atoms with Crippen molar-refractivity contribution in [2.75, 3.05) is 0 Å². The number of H-pyrrole nitrogens is 1. The van der Waals surface area contributed by atoms with Crippen LogP contribution in [0.5, 0.6) is 0 Å². The molecule has 4 aromatic rings. The van der Waals surface area contributed by atoms with E-state index in [1.807, 2.05) is 66.7 Å². The van der Waals surface area contributed by atoms with Crippen LogP contribution >= 0.6 is 0 Å². The van der Waals surface area contributed by atoms with Gasteiger partial charge in [-0.25, -0.2) is 4.98 Å². The largest absolute Gasteiger partial charge is 0.463 e. The summed E-state index contributed by atoms with van der Waals surface area (Å²) in [5.74, 6) is 1.52. The molecule has 0 aliphatic carbocycles. The molecule has 0 bridgehead atoms. The standard InChI is InChI=1S/C20H16N4O/c1-2-7-15(8-3-1)19(24-21-14-16-9-6-12-25-16)13-20-22-17-10-4-5-11-18(17)23-20/h1-12,14H,13H2,(H,22,23)/b21-14+,24-19-. The third kappa shape index (κ3) is 3.55. The van der Waals surface area contributed by atoms with E-state index in [9.17, 15) is 0 Å². The number of fused-ring (bicyclic) bond motifs is 1. The molecule has 0 saturated heterocycles. The van der Waals surface area contributed by atoms with Gasteiger partial charge in [0.2, 0.25) is 0 Å². The van der Waals surface area contributed by atoms with Gasteiger partial charge < -0.3 is 9.40 Å². The molecule has 5 heteroatoms. The van der Waals surface area contributed by atoms with Crippen LogP contribution in [-0.4, -0.2) is 21.9 Å². The highest BCUT2D eigenvalue weighted by Crippen LogP contribution is 2.13. The third-order valence-electron chi connectivity index (χ3n) is 3.79. The number of nitrogens with zero attached hydrogens (tertiary/aromatic N) is 3. The fraction of sp³-hybridized carbons (Fsp3) is 0.0500. The van der Waals surface area contributed by atoms with E-state index in [0.29, 0.717) is 12.2 Å². The zero-order valence-corrected chi connectivity index (χ0v) is 13.5. The van der Waals surface area contributed by atoms with E-state index in [1.165, 1.54) is 0 Å². The van der Waals surface area contributed by atoms with E-state index in [-0.39, 0.29) is 0 Å². The van der Waals surface area contributed by atoms with Crippen LogP contribution in [0.4, 0.5) is 0 Å². The van der Waals surface area contributed by atoms with Crippen LogP contribution in [0, 0.1) is 0 Å². The average molecular weight is 328 g/mol. The van der Waals surface area contributed by atoms with E-state index in [1.54, 1.807) is 12.5 Å². The van der Waals surface area contributed by atoms with Gasteiger partial charge in [0.15, 0.2) is 0 Å². The Hall–Kier alpha value is -3.47. The summed E-state index contributed by atoms with van der Waals surface area (Å²) in [6.07, 6.45) is 3.77. The van der Waals surface area contributed by atoms with Crippen LogP contribution in [0.15, 0.2) is 87.6 Å². The molecule has 2 heterocycles. The van der Waals surface area contributed by atoms with Crippen LogP contribution in [-0.2, 0) is 6.42 Å². The minimum absolute atomic E-state index is 0.564. The quantitative estimate of drug-likeness (QED) is 0.440. The lowest BCUT2D eigenvalue weighted by molar-refractivity contribution is 0.560. The average Bonchev–Trinajstić information content (AvgIpc) is 3.30. The van der Waals surface area contributed by atoms with Crippen molar-refractivity contribution in [3.63, 3.8) is 0 Å². The highest BCUT2D eigenvalue weighted by molar-refractivity contribution is 6.02. The monoisotopic (exact) mass is 328 g/mol.